The summed E-state index contributed by atoms with van der Waals surface area (Å²) in [5.41, 5.74) is 0.706. The van der Waals surface area contributed by atoms with Crippen LogP contribution in [0, 0.1) is 0 Å². The number of rotatable bonds is 5. The molecule has 5 rings (SSSR count). The van der Waals surface area contributed by atoms with E-state index in [1.807, 2.05) is 0 Å². The maximum Gasteiger partial charge on any atom is 0.412 e. The second-order valence-electron chi connectivity index (χ2n) is 10.0. The quantitative estimate of drug-likeness (QED) is 0.296. The number of nitrogens with zero attached hydrogens (tertiary/aromatic N) is 2. The molecule has 0 aliphatic carbocycles. The molecular weight excluding hydrogens is 566 g/mol. The smallest absolute Gasteiger partial charge is 0.412 e. The highest BCUT2D eigenvalue weighted by atomic mass is 32.2. The molecule has 210 valence electrons. The van der Waals surface area contributed by atoms with Crippen LogP contribution in [0.1, 0.15) is 46.4 Å². The Labute approximate surface area is 239 Å². The molecular formula is C28H25N5O6S2. The summed E-state index contributed by atoms with van der Waals surface area (Å²) in [6.45, 7) is 5.49. The van der Waals surface area contributed by atoms with Crippen LogP contribution in [0.4, 0.5) is 16.2 Å². The number of aromatic nitrogens is 2. The van der Waals surface area contributed by atoms with Gasteiger partial charge in [-0.15, -0.1) is 11.3 Å². The fraction of sp³-hybridized carbons (Fsp3) is 0.179. The first-order chi connectivity index (χ1) is 19.4. The number of thiazole rings is 1. The summed E-state index contributed by atoms with van der Waals surface area (Å²) >= 11 is 1.33. The first-order valence-corrected chi connectivity index (χ1v) is 14.7. The van der Waals surface area contributed by atoms with Gasteiger partial charge in [0.2, 0.25) is 9.84 Å². The Hall–Kier alpha value is -4.62. The second kappa shape index (κ2) is 10.7. The molecule has 0 saturated heterocycles. The Balaban J connectivity index is 1.24. The molecule has 1 aliphatic rings. The predicted molar refractivity (Wildman–Crippen MR) is 153 cm³/mol. The highest BCUT2D eigenvalue weighted by molar-refractivity contribution is 7.91. The molecule has 0 unspecified atom stereocenters. The van der Waals surface area contributed by atoms with Gasteiger partial charge in [0.25, 0.3) is 11.8 Å². The number of pyridine rings is 1. The lowest BCUT2D eigenvalue weighted by atomic mass is 10.1. The van der Waals surface area contributed by atoms with Crippen LogP contribution in [-0.2, 0) is 21.1 Å². The van der Waals surface area contributed by atoms with Crippen molar-refractivity contribution in [2.45, 2.75) is 42.7 Å². The Kier molecular flexibility index (Phi) is 7.32. The average molecular weight is 592 g/mol. The van der Waals surface area contributed by atoms with Gasteiger partial charge in [-0.05, 0) is 63.2 Å². The highest BCUT2D eigenvalue weighted by Crippen LogP contribution is 2.34. The van der Waals surface area contributed by atoms with Crippen molar-refractivity contribution >= 4 is 50.5 Å². The maximum atomic E-state index is 13.2. The number of anilines is 2. The van der Waals surface area contributed by atoms with E-state index in [4.69, 9.17) is 4.74 Å². The van der Waals surface area contributed by atoms with Gasteiger partial charge in [0.05, 0.1) is 45.2 Å². The summed E-state index contributed by atoms with van der Waals surface area (Å²) in [5, 5.41) is 8.63. The number of sulfone groups is 1. The zero-order valence-corrected chi connectivity index (χ0v) is 23.9. The van der Waals surface area contributed by atoms with Crippen LogP contribution in [0.3, 0.4) is 0 Å². The summed E-state index contributed by atoms with van der Waals surface area (Å²) in [6, 6.07) is 13.4. The van der Waals surface area contributed by atoms with E-state index < -0.39 is 33.3 Å². The van der Waals surface area contributed by atoms with Gasteiger partial charge in [-0.25, -0.2) is 18.2 Å². The fourth-order valence-corrected chi connectivity index (χ4v) is 6.41. The van der Waals surface area contributed by atoms with Crippen LogP contribution in [0.2, 0.25) is 0 Å². The van der Waals surface area contributed by atoms with E-state index >= 15 is 0 Å². The molecule has 3 heterocycles. The van der Waals surface area contributed by atoms with Gasteiger partial charge in [-0.3, -0.25) is 19.9 Å². The highest BCUT2D eigenvalue weighted by Gasteiger charge is 2.31. The molecule has 0 radical (unpaired) electrons. The number of hydrogen-bond acceptors (Lipinski definition) is 9. The van der Waals surface area contributed by atoms with Crippen LogP contribution < -0.4 is 16.0 Å². The van der Waals surface area contributed by atoms with Crippen LogP contribution >= 0.6 is 11.3 Å². The number of carbonyl (C=O) groups is 3. The molecule has 3 N–H and O–H groups in total. The fourth-order valence-electron chi connectivity index (χ4n) is 3.99. The zero-order valence-electron chi connectivity index (χ0n) is 22.2. The van der Waals surface area contributed by atoms with Crippen molar-refractivity contribution < 1.29 is 27.5 Å². The van der Waals surface area contributed by atoms with Gasteiger partial charge < -0.3 is 15.4 Å². The van der Waals surface area contributed by atoms with Crippen molar-refractivity contribution in [2.24, 2.45) is 0 Å². The Bertz CT molecular complexity index is 1780. The number of ether oxygens (including phenoxy) is 1. The molecule has 13 heteroatoms. The largest absolute Gasteiger partial charge is 0.444 e. The van der Waals surface area contributed by atoms with Crippen molar-refractivity contribution in [1.29, 1.82) is 0 Å². The topological polar surface area (TPSA) is 156 Å². The van der Waals surface area contributed by atoms with Crippen molar-refractivity contribution in [3.05, 3.63) is 83.0 Å². The molecule has 3 amide bonds. The molecule has 1 aliphatic heterocycles. The first-order valence-electron chi connectivity index (χ1n) is 12.4. The molecule has 2 aromatic heterocycles. The van der Waals surface area contributed by atoms with Crippen LogP contribution in [0.25, 0.3) is 10.7 Å². The molecule has 0 spiro atoms. The number of hydrogen-bond donors (Lipinski definition) is 3. The number of nitrogens with one attached hydrogen (secondary N) is 3. The maximum absolute atomic E-state index is 13.2. The summed E-state index contributed by atoms with van der Waals surface area (Å²) in [6.07, 6.45) is 2.54. The van der Waals surface area contributed by atoms with E-state index in [9.17, 15) is 22.8 Å². The molecule has 4 aromatic rings. The Morgan fingerprint density at radius 2 is 1.78 bits per heavy atom. The van der Waals surface area contributed by atoms with Crippen LogP contribution in [0.15, 0.2) is 76.8 Å². The molecule has 0 saturated carbocycles. The molecule has 11 nitrogen and oxygen atoms in total. The van der Waals surface area contributed by atoms with Gasteiger partial charge in [-0.1, -0.05) is 12.1 Å². The van der Waals surface area contributed by atoms with Crippen molar-refractivity contribution in [2.75, 3.05) is 10.6 Å². The monoisotopic (exact) mass is 591 g/mol. The van der Waals surface area contributed by atoms with E-state index in [1.165, 1.54) is 47.9 Å². The number of carbonyl (C=O) groups excluding carboxylic acids is 3. The number of fused-ring (bicyclic) bond motifs is 2. The molecule has 41 heavy (non-hydrogen) atoms. The number of benzene rings is 2. The van der Waals surface area contributed by atoms with Crippen molar-refractivity contribution in [3.63, 3.8) is 0 Å². The first kappa shape index (κ1) is 27.9. The third kappa shape index (κ3) is 6.10. The molecule has 2 aromatic carbocycles. The van der Waals surface area contributed by atoms with E-state index in [2.05, 4.69) is 25.9 Å². The normalized spacial score (nSPS) is 13.7. The van der Waals surface area contributed by atoms with Gasteiger partial charge in [-0.2, -0.15) is 0 Å². The van der Waals surface area contributed by atoms with Crippen molar-refractivity contribution in [3.8, 4) is 10.7 Å². The minimum atomic E-state index is -3.96. The summed E-state index contributed by atoms with van der Waals surface area (Å²) in [7, 11) is -3.96. The standard InChI is InChI=1S/C28H25N5O6S2/c1-28(2,3)39-27(36)32-17-9-10-20(29-13-17)26-31-15-18(40-26)14-30-24(34)16-8-11-23-21(12-16)33-25(35)19-6-4-5-7-22(19)41(23,37)38/h4-13,15H,14H2,1-3H3,(H,30,34)(H,32,36)(H,33,35). The van der Waals surface area contributed by atoms with Crippen molar-refractivity contribution in [1.82, 2.24) is 15.3 Å². The van der Waals surface area contributed by atoms with Gasteiger partial charge in [0, 0.05) is 16.6 Å². The van der Waals surface area contributed by atoms with E-state index in [0.29, 0.717) is 16.4 Å². The summed E-state index contributed by atoms with van der Waals surface area (Å²) < 4.78 is 31.6. The third-order valence-electron chi connectivity index (χ3n) is 5.81. The lowest BCUT2D eigenvalue weighted by molar-refractivity contribution is 0.0635. The Morgan fingerprint density at radius 1 is 1.00 bits per heavy atom. The van der Waals surface area contributed by atoms with Crippen LogP contribution in [0.5, 0.6) is 0 Å². The summed E-state index contributed by atoms with van der Waals surface area (Å²) in [4.78, 5) is 46.8. The van der Waals surface area contributed by atoms with Gasteiger partial charge in [0.15, 0.2) is 0 Å². The van der Waals surface area contributed by atoms with E-state index in [-0.39, 0.29) is 33.2 Å². The van der Waals surface area contributed by atoms with Gasteiger partial charge in [0.1, 0.15) is 10.6 Å². The van der Waals surface area contributed by atoms with Gasteiger partial charge >= 0.3 is 6.09 Å². The number of amides is 3. The molecule has 0 bridgehead atoms. The molecule has 0 fully saturated rings. The van der Waals surface area contributed by atoms with E-state index in [0.717, 1.165) is 4.88 Å². The second-order valence-corrected chi connectivity index (χ2v) is 13.0. The Morgan fingerprint density at radius 3 is 2.51 bits per heavy atom. The minimum absolute atomic E-state index is 0.0367. The lowest BCUT2D eigenvalue weighted by Gasteiger charge is -2.19. The predicted octanol–water partition coefficient (Wildman–Crippen LogP) is 4.88. The molecule has 0 atom stereocenters. The summed E-state index contributed by atoms with van der Waals surface area (Å²) in [5.74, 6) is -1.02. The minimum Gasteiger partial charge on any atom is -0.444 e. The van der Waals surface area contributed by atoms with Crippen LogP contribution in [-0.4, -0.2) is 41.9 Å². The lowest BCUT2D eigenvalue weighted by Crippen LogP contribution is -2.27. The zero-order chi connectivity index (χ0) is 29.4. The SMILES string of the molecule is CC(C)(C)OC(=O)Nc1ccc(-c2ncc(CNC(=O)c3ccc4c(c3)NC(=O)c3ccccc3S4(=O)=O)s2)nc1. The van der Waals surface area contributed by atoms with E-state index in [1.54, 1.807) is 51.2 Å². The average Bonchev–Trinajstić information content (AvgIpc) is 3.37. The third-order valence-corrected chi connectivity index (χ3v) is 8.70.